The summed E-state index contributed by atoms with van der Waals surface area (Å²) in [5.74, 6) is 0.316. The van der Waals surface area contributed by atoms with Crippen LogP contribution in [0.2, 0.25) is 5.02 Å². The van der Waals surface area contributed by atoms with Crippen LogP contribution >= 0.6 is 23.8 Å². The molecule has 2 aromatic heterocycles. The zero-order valence-electron chi connectivity index (χ0n) is 17.6. The second-order valence-electron chi connectivity index (χ2n) is 7.40. The Balaban J connectivity index is 1.41. The van der Waals surface area contributed by atoms with Gasteiger partial charge in [-0.3, -0.25) is 9.36 Å². The molecule has 0 aliphatic rings. The van der Waals surface area contributed by atoms with Crippen molar-refractivity contribution < 1.29 is 4.39 Å². The first-order valence-electron chi connectivity index (χ1n) is 10.0. The number of halogens is 2. The Morgan fingerprint density at radius 2 is 1.84 bits per heavy atom. The highest BCUT2D eigenvalue weighted by Crippen LogP contribution is 2.22. The molecule has 0 spiro atoms. The number of nitrogens with one attached hydrogen (secondary N) is 2. The van der Waals surface area contributed by atoms with E-state index >= 15 is 0 Å². The number of benzene rings is 2. The standard InChI is InChI=1S/C23H22ClFN6S/c1-15-22(16(2)31(28-15)13-17-6-5-8-19(24)12-17)27-23(32)26-21-10-11-30(29-21)14-18-7-3-4-9-20(18)25/h3-12H,13-14H2,1-2H3,(H2,26,27,29,32). The van der Waals surface area contributed by atoms with E-state index in [9.17, 15) is 4.39 Å². The fourth-order valence-electron chi connectivity index (χ4n) is 3.42. The minimum atomic E-state index is -0.254. The van der Waals surface area contributed by atoms with E-state index in [4.69, 9.17) is 23.8 Å². The normalized spacial score (nSPS) is 10.9. The third kappa shape index (κ3) is 5.15. The molecule has 4 aromatic rings. The first-order chi connectivity index (χ1) is 15.4. The van der Waals surface area contributed by atoms with Crippen LogP contribution in [-0.2, 0) is 13.1 Å². The van der Waals surface area contributed by atoms with Crippen LogP contribution < -0.4 is 10.6 Å². The monoisotopic (exact) mass is 468 g/mol. The molecule has 32 heavy (non-hydrogen) atoms. The van der Waals surface area contributed by atoms with Gasteiger partial charge >= 0.3 is 0 Å². The molecule has 0 radical (unpaired) electrons. The Morgan fingerprint density at radius 3 is 2.62 bits per heavy atom. The Morgan fingerprint density at radius 1 is 1.03 bits per heavy atom. The molecule has 9 heteroatoms. The fourth-order valence-corrected chi connectivity index (χ4v) is 3.84. The van der Waals surface area contributed by atoms with E-state index in [1.54, 1.807) is 35.1 Å². The molecule has 164 valence electrons. The van der Waals surface area contributed by atoms with Crippen molar-refractivity contribution in [2.75, 3.05) is 10.6 Å². The summed E-state index contributed by atoms with van der Waals surface area (Å²) in [5, 5.41) is 16.4. The molecule has 0 saturated heterocycles. The summed E-state index contributed by atoms with van der Waals surface area (Å²) in [7, 11) is 0. The molecule has 6 nitrogen and oxygen atoms in total. The van der Waals surface area contributed by atoms with Gasteiger partial charge in [0.05, 0.1) is 30.2 Å². The van der Waals surface area contributed by atoms with Crippen molar-refractivity contribution in [3.63, 3.8) is 0 Å². The van der Waals surface area contributed by atoms with E-state index in [2.05, 4.69) is 20.8 Å². The zero-order chi connectivity index (χ0) is 22.7. The zero-order valence-corrected chi connectivity index (χ0v) is 19.2. The second-order valence-corrected chi connectivity index (χ2v) is 8.25. The van der Waals surface area contributed by atoms with Crippen LogP contribution in [0.1, 0.15) is 22.5 Å². The molecule has 0 aliphatic carbocycles. The Kier molecular flexibility index (Phi) is 6.53. The molecule has 2 heterocycles. The summed E-state index contributed by atoms with van der Waals surface area (Å²) in [5.41, 5.74) is 4.27. The summed E-state index contributed by atoms with van der Waals surface area (Å²) >= 11 is 11.6. The fraction of sp³-hybridized carbons (Fsp3) is 0.174. The summed E-state index contributed by atoms with van der Waals surface area (Å²) in [6.45, 7) is 4.85. The van der Waals surface area contributed by atoms with Gasteiger partial charge in [0, 0.05) is 22.8 Å². The lowest BCUT2D eigenvalue weighted by atomic mass is 10.2. The number of anilines is 2. The molecular formula is C23H22ClFN6S. The maximum absolute atomic E-state index is 13.9. The van der Waals surface area contributed by atoms with Crippen LogP contribution in [0.25, 0.3) is 0 Å². The van der Waals surface area contributed by atoms with Gasteiger partial charge in [0.1, 0.15) is 5.82 Å². The quantitative estimate of drug-likeness (QED) is 0.371. The largest absolute Gasteiger partial charge is 0.329 e. The lowest BCUT2D eigenvalue weighted by molar-refractivity contribution is 0.586. The van der Waals surface area contributed by atoms with E-state index in [0.717, 1.165) is 22.6 Å². The Bertz CT molecular complexity index is 1270. The predicted molar refractivity (Wildman–Crippen MR) is 130 cm³/mol. The van der Waals surface area contributed by atoms with Crippen molar-refractivity contribution in [3.05, 3.63) is 94.1 Å². The summed E-state index contributed by atoms with van der Waals surface area (Å²) in [6.07, 6.45) is 1.77. The number of hydrogen-bond donors (Lipinski definition) is 2. The maximum atomic E-state index is 13.9. The van der Waals surface area contributed by atoms with Crippen molar-refractivity contribution in [2.24, 2.45) is 0 Å². The predicted octanol–water partition coefficient (Wildman–Crippen LogP) is 5.39. The highest BCUT2D eigenvalue weighted by molar-refractivity contribution is 7.80. The number of nitrogens with zero attached hydrogens (tertiary/aromatic N) is 4. The second kappa shape index (κ2) is 9.50. The Labute approximate surface area is 196 Å². The van der Waals surface area contributed by atoms with Gasteiger partial charge < -0.3 is 10.6 Å². The number of aromatic nitrogens is 4. The highest BCUT2D eigenvalue weighted by Gasteiger charge is 2.14. The van der Waals surface area contributed by atoms with Crippen LogP contribution in [0.15, 0.2) is 60.8 Å². The van der Waals surface area contributed by atoms with Gasteiger partial charge in [-0.25, -0.2) is 4.39 Å². The van der Waals surface area contributed by atoms with Crippen LogP contribution in [0, 0.1) is 19.7 Å². The lowest BCUT2D eigenvalue weighted by Gasteiger charge is -2.10. The average Bonchev–Trinajstić information content (AvgIpc) is 3.29. The van der Waals surface area contributed by atoms with Gasteiger partial charge in [-0.15, -0.1) is 0 Å². The molecule has 0 unspecified atom stereocenters. The Hall–Kier alpha value is -3.23. The van der Waals surface area contributed by atoms with Gasteiger partial charge in [0.15, 0.2) is 10.9 Å². The van der Waals surface area contributed by atoms with E-state index in [-0.39, 0.29) is 5.82 Å². The van der Waals surface area contributed by atoms with Crippen molar-refractivity contribution in [1.82, 2.24) is 19.6 Å². The molecule has 0 fully saturated rings. The summed E-state index contributed by atoms with van der Waals surface area (Å²) in [6, 6.07) is 16.1. The molecule has 0 aliphatic heterocycles. The summed E-state index contributed by atoms with van der Waals surface area (Å²) in [4.78, 5) is 0. The molecule has 0 bridgehead atoms. The van der Waals surface area contributed by atoms with Crippen molar-refractivity contribution >= 4 is 40.4 Å². The van der Waals surface area contributed by atoms with E-state index < -0.39 is 0 Å². The van der Waals surface area contributed by atoms with E-state index in [1.165, 1.54) is 6.07 Å². The van der Waals surface area contributed by atoms with Gasteiger partial charge in [0.25, 0.3) is 0 Å². The van der Waals surface area contributed by atoms with Crippen LogP contribution in [-0.4, -0.2) is 24.7 Å². The third-order valence-electron chi connectivity index (χ3n) is 5.01. The van der Waals surface area contributed by atoms with Gasteiger partial charge in [-0.2, -0.15) is 10.2 Å². The average molecular weight is 469 g/mol. The number of aryl methyl sites for hydroxylation is 1. The summed E-state index contributed by atoms with van der Waals surface area (Å²) < 4.78 is 17.4. The van der Waals surface area contributed by atoms with Crippen LogP contribution in [0.3, 0.4) is 0 Å². The molecular weight excluding hydrogens is 447 g/mol. The van der Waals surface area contributed by atoms with E-state index in [1.807, 2.05) is 42.8 Å². The van der Waals surface area contributed by atoms with Crippen LogP contribution in [0.4, 0.5) is 15.9 Å². The first-order valence-corrected chi connectivity index (χ1v) is 10.8. The lowest BCUT2D eigenvalue weighted by Crippen LogP contribution is -2.20. The molecule has 0 amide bonds. The minimum Gasteiger partial charge on any atom is -0.329 e. The first kappa shape index (κ1) is 22.0. The van der Waals surface area contributed by atoms with Crippen molar-refractivity contribution in [1.29, 1.82) is 0 Å². The molecule has 2 N–H and O–H groups in total. The topological polar surface area (TPSA) is 59.7 Å². The number of hydrogen-bond acceptors (Lipinski definition) is 3. The smallest absolute Gasteiger partial charge is 0.176 e. The number of rotatable bonds is 6. The SMILES string of the molecule is Cc1nn(Cc2cccc(Cl)c2)c(C)c1NC(=S)Nc1ccn(Cc2ccccc2F)n1. The van der Waals surface area contributed by atoms with Gasteiger partial charge in [0.2, 0.25) is 0 Å². The minimum absolute atomic E-state index is 0.254. The molecule has 2 aromatic carbocycles. The van der Waals surface area contributed by atoms with Crippen molar-refractivity contribution in [3.8, 4) is 0 Å². The highest BCUT2D eigenvalue weighted by atomic mass is 35.5. The third-order valence-corrected chi connectivity index (χ3v) is 5.45. The maximum Gasteiger partial charge on any atom is 0.176 e. The molecule has 0 saturated carbocycles. The van der Waals surface area contributed by atoms with E-state index in [0.29, 0.717) is 34.6 Å². The number of thiocarbonyl (C=S) groups is 1. The van der Waals surface area contributed by atoms with Gasteiger partial charge in [-0.1, -0.05) is 41.9 Å². The molecule has 4 rings (SSSR count). The molecule has 0 atom stereocenters. The van der Waals surface area contributed by atoms with Crippen LogP contribution in [0.5, 0.6) is 0 Å². The van der Waals surface area contributed by atoms with Crippen molar-refractivity contribution in [2.45, 2.75) is 26.9 Å². The van der Waals surface area contributed by atoms with Gasteiger partial charge in [-0.05, 0) is 49.8 Å².